The predicted octanol–water partition coefficient (Wildman–Crippen LogP) is 2.43. The van der Waals surface area contributed by atoms with E-state index in [1.54, 1.807) is 12.1 Å². The van der Waals surface area contributed by atoms with E-state index in [1.807, 2.05) is 31.2 Å². The van der Waals surface area contributed by atoms with E-state index < -0.39 is 23.9 Å². The summed E-state index contributed by atoms with van der Waals surface area (Å²) in [7, 11) is 0. The van der Waals surface area contributed by atoms with Gasteiger partial charge in [0.05, 0.1) is 13.0 Å². The van der Waals surface area contributed by atoms with Crippen LogP contribution in [0.2, 0.25) is 0 Å². The first-order valence-corrected chi connectivity index (χ1v) is 8.45. The van der Waals surface area contributed by atoms with Gasteiger partial charge >= 0.3 is 5.97 Å². The number of carbonyl (C=O) groups excluding carboxylic acids is 3. The van der Waals surface area contributed by atoms with Gasteiger partial charge in [0.25, 0.3) is 5.91 Å². The molecule has 0 saturated heterocycles. The van der Waals surface area contributed by atoms with Crippen LogP contribution in [0, 0.1) is 6.92 Å². The van der Waals surface area contributed by atoms with E-state index in [0.29, 0.717) is 17.0 Å². The second-order valence-electron chi connectivity index (χ2n) is 5.93. The number of rotatable bonds is 8. The molecule has 142 valence electrons. The van der Waals surface area contributed by atoms with Crippen molar-refractivity contribution < 1.29 is 23.9 Å². The Bertz CT molecular complexity index is 817. The lowest BCUT2D eigenvalue weighted by Crippen LogP contribution is -2.30. The van der Waals surface area contributed by atoms with Crippen LogP contribution in [0.1, 0.15) is 29.3 Å². The Kier molecular flexibility index (Phi) is 6.93. The number of esters is 1. The molecule has 2 aromatic carbocycles. The molecule has 7 heteroatoms. The number of nitrogens with one attached hydrogen (secondary N) is 1. The molecule has 0 radical (unpaired) electrons. The molecule has 0 saturated carbocycles. The largest absolute Gasteiger partial charge is 0.493 e. The maximum absolute atomic E-state index is 12.1. The van der Waals surface area contributed by atoms with E-state index in [4.69, 9.17) is 15.2 Å². The molecule has 0 aliphatic rings. The van der Waals surface area contributed by atoms with Gasteiger partial charge in [-0.2, -0.15) is 0 Å². The maximum atomic E-state index is 12.1. The Morgan fingerprint density at radius 3 is 2.37 bits per heavy atom. The van der Waals surface area contributed by atoms with E-state index in [9.17, 15) is 14.4 Å². The van der Waals surface area contributed by atoms with Gasteiger partial charge in [0.1, 0.15) is 5.75 Å². The predicted molar refractivity (Wildman–Crippen MR) is 100 cm³/mol. The SMILES string of the molecule is Cc1ccccc1OCCC(=O)O[C@H](C)C(=O)Nc1ccc(C(N)=O)cc1. The van der Waals surface area contributed by atoms with Crippen LogP contribution in [0.5, 0.6) is 5.75 Å². The van der Waals surface area contributed by atoms with Crippen LogP contribution in [0.15, 0.2) is 48.5 Å². The molecule has 0 fully saturated rings. The molecule has 2 aromatic rings. The first-order chi connectivity index (χ1) is 12.9. The second kappa shape index (κ2) is 9.38. The monoisotopic (exact) mass is 370 g/mol. The molecule has 0 bridgehead atoms. The van der Waals surface area contributed by atoms with E-state index in [2.05, 4.69) is 5.32 Å². The summed E-state index contributed by atoms with van der Waals surface area (Å²) in [4.78, 5) is 35.0. The van der Waals surface area contributed by atoms with Gasteiger partial charge in [-0.05, 0) is 49.7 Å². The highest BCUT2D eigenvalue weighted by Gasteiger charge is 2.18. The Hall–Kier alpha value is -3.35. The van der Waals surface area contributed by atoms with E-state index in [-0.39, 0.29) is 13.0 Å². The summed E-state index contributed by atoms with van der Waals surface area (Å²) >= 11 is 0. The van der Waals surface area contributed by atoms with Crippen molar-refractivity contribution in [1.29, 1.82) is 0 Å². The zero-order chi connectivity index (χ0) is 19.8. The molecule has 3 N–H and O–H groups in total. The van der Waals surface area contributed by atoms with Crippen LogP contribution in [-0.4, -0.2) is 30.5 Å². The number of carbonyl (C=O) groups is 3. The van der Waals surface area contributed by atoms with E-state index >= 15 is 0 Å². The number of amides is 2. The van der Waals surface area contributed by atoms with Crippen molar-refractivity contribution >= 4 is 23.5 Å². The molecule has 7 nitrogen and oxygen atoms in total. The zero-order valence-electron chi connectivity index (χ0n) is 15.2. The van der Waals surface area contributed by atoms with Crippen molar-refractivity contribution in [3.63, 3.8) is 0 Å². The standard InChI is InChI=1S/C20H22N2O5/c1-13-5-3-4-6-17(13)26-12-11-18(23)27-14(2)20(25)22-16-9-7-15(8-10-16)19(21)24/h3-10,14H,11-12H2,1-2H3,(H2,21,24)(H,22,25)/t14-/m1/s1. The maximum Gasteiger partial charge on any atom is 0.310 e. The lowest BCUT2D eigenvalue weighted by Gasteiger charge is -2.14. The highest BCUT2D eigenvalue weighted by Crippen LogP contribution is 2.16. The number of nitrogens with two attached hydrogens (primary N) is 1. The molecule has 0 spiro atoms. The lowest BCUT2D eigenvalue weighted by molar-refractivity contribution is -0.153. The Labute approximate surface area is 157 Å². The summed E-state index contributed by atoms with van der Waals surface area (Å²) in [6, 6.07) is 13.6. The summed E-state index contributed by atoms with van der Waals surface area (Å²) in [5.41, 5.74) is 6.94. The minimum Gasteiger partial charge on any atom is -0.493 e. The second-order valence-corrected chi connectivity index (χ2v) is 5.93. The number of para-hydroxylation sites is 1. The molecule has 2 amide bonds. The minimum atomic E-state index is -0.966. The molecule has 0 unspecified atom stereocenters. The fraction of sp³-hybridized carbons (Fsp3) is 0.250. The summed E-state index contributed by atoms with van der Waals surface area (Å²) in [6.07, 6.45) is -0.939. The number of hydrogen-bond donors (Lipinski definition) is 2. The van der Waals surface area contributed by atoms with Crippen LogP contribution >= 0.6 is 0 Å². The topological polar surface area (TPSA) is 108 Å². The average molecular weight is 370 g/mol. The van der Waals surface area contributed by atoms with Crippen LogP contribution in [0.3, 0.4) is 0 Å². The van der Waals surface area contributed by atoms with Gasteiger partial charge in [-0.3, -0.25) is 14.4 Å². The van der Waals surface area contributed by atoms with E-state index in [0.717, 1.165) is 5.56 Å². The van der Waals surface area contributed by atoms with Crippen molar-refractivity contribution in [3.05, 3.63) is 59.7 Å². The summed E-state index contributed by atoms with van der Waals surface area (Å²) < 4.78 is 10.6. The van der Waals surface area contributed by atoms with Crippen molar-refractivity contribution in [2.45, 2.75) is 26.4 Å². The molecule has 1 atom stereocenters. The average Bonchev–Trinajstić information content (AvgIpc) is 2.63. The molecular formula is C20H22N2O5. The fourth-order valence-corrected chi connectivity index (χ4v) is 2.23. The normalized spacial score (nSPS) is 11.3. The number of benzene rings is 2. The highest BCUT2D eigenvalue weighted by atomic mass is 16.5. The number of ether oxygens (including phenoxy) is 2. The summed E-state index contributed by atoms with van der Waals surface area (Å²) in [5.74, 6) is -0.858. The highest BCUT2D eigenvalue weighted by molar-refractivity contribution is 5.96. The molecule has 2 rings (SSSR count). The molecule has 0 heterocycles. The molecule has 0 aromatic heterocycles. The number of aryl methyl sites for hydroxylation is 1. The Balaban J connectivity index is 1.77. The number of primary amides is 1. The smallest absolute Gasteiger partial charge is 0.310 e. The third-order valence-electron chi connectivity index (χ3n) is 3.77. The lowest BCUT2D eigenvalue weighted by atomic mass is 10.2. The van der Waals surface area contributed by atoms with Crippen LogP contribution in [-0.2, 0) is 14.3 Å². The summed E-state index contributed by atoms with van der Waals surface area (Å²) in [6.45, 7) is 3.55. The molecule has 0 aliphatic carbocycles. The molecule has 27 heavy (non-hydrogen) atoms. The van der Waals surface area contributed by atoms with Crippen molar-refractivity contribution in [2.75, 3.05) is 11.9 Å². The van der Waals surface area contributed by atoms with Gasteiger partial charge in [-0.15, -0.1) is 0 Å². The first-order valence-electron chi connectivity index (χ1n) is 8.45. The first kappa shape index (κ1) is 20.0. The van der Waals surface area contributed by atoms with Crippen LogP contribution < -0.4 is 15.8 Å². The van der Waals surface area contributed by atoms with Gasteiger partial charge in [-0.25, -0.2) is 0 Å². The van der Waals surface area contributed by atoms with E-state index in [1.165, 1.54) is 19.1 Å². The molecule has 0 aliphatic heterocycles. The van der Waals surface area contributed by atoms with Gasteiger partial charge in [-0.1, -0.05) is 18.2 Å². The minimum absolute atomic E-state index is 0.0270. The third kappa shape index (κ3) is 6.14. The van der Waals surface area contributed by atoms with Crippen molar-refractivity contribution in [2.24, 2.45) is 5.73 Å². The fourth-order valence-electron chi connectivity index (χ4n) is 2.23. The molecular weight excluding hydrogens is 348 g/mol. The van der Waals surface area contributed by atoms with Crippen molar-refractivity contribution in [1.82, 2.24) is 0 Å². The quantitative estimate of drug-likeness (QED) is 0.694. The Morgan fingerprint density at radius 2 is 1.74 bits per heavy atom. The number of hydrogen-bond acceptors (Lipinski definition) is 5. The zero-order valence-corrected chi connectivity index (χ0v) is 15.2. The van der Waals surface area contributed by atoms with Gasteiger partial charge < -0.3 is 20.5 Å². The van der Waals surface area contributed by atoms with Crippen LogP contribution in [0.4, 0.5) is 5.69 Å². The summed E-state index contributed by atoms with van der Waals surface area (Å²) in [5, 5.41) is 2.60. The van der Waals surface area contributed by atoms with Gasteiger partial charge in [0, 0.05) is 11.3 Å². The number of anilines is 1. The van der Waals surface area contributed by atoms with Crippen molar-refractivity contribution in [3.8, 4) is 5.75 Å². The van der Waals surface area contributed by atoms with Gasteiger partial charge in [0.2, 0.25) is 5.91 Å². The van der Waals surface area contributed by atoms with Gasteiger partial charge in [0.15, 0.2) is 6.10 Å². The third-order valence-corrected chi connectivity index (χ3v) is 3.77. The Morgan fingerprint density at radius 1 is 1.07 bits per heavy atom. The van der Waals surface area contributed by atoms with Crippen LogP contribution in [0.25, 0.3) is 0 Å².